The number of likely N-dealkylation sites (tertiary alicyclic amines) is 2. The van der Waals surface area contributed by atoms with Gasteiger partial charge in [0.05, 0.1) is 6.04 Å². The Morgan fingerprint density at radius 2 is 1.86 bits per heavy atom. The van der Waals surface area contributed by atoms with Crippen molar-refractivity contribution in [2.45, 2.75) is 31.3 Å². The lowest BCUT2D eigenvalue weighted by Gasteiger charge is -2.38. The molecule has 1 N–H and O–H groups in total. The van der Waals surface area contributed by atoms with Crippen LogP contribution >= 0.6 is 0 Å². The fraction of sp³-hybridized carbons (Fsp3) is 0.529. The molecule has 2 unspecified atom stereocenters. The SMILES string of the molecule is CNC(=O)C(c1ccccc1)N1CCCC1C(=O)N1CCC1. The van der Waals surface area contributed by atoms with Crippen LogP contribution in [-0.2, 0) is 9.59 Å². The van der Waals surface area contributed by atoms with Crippen molar-refractivity contribution < 1.29 is 9.59 Å². The van der Waals surface area contributed by atoms with E-state index in [1.165, 1.54) is 0 Å². The third-order valence-corrected chi connectivity index (χ3v) is 4.69. The van der Waals surface area contributed by atoms with Crippen LogP contribution in [0.3, 0.4) is 0 Å². The minimum absolute atomic E-state index is 0.0468. The Labute approximate surface area is 131 Å². The lowest BCUT2D eigenvalue weighted by Crippen LogP contribution is -2.53. The second kappa shape index (κ2) is 6.48. The number of rotatable bonds is 4. The average Bonchev–Trinajstić information content (AvgIpc) is 2.95. The van der Waals surface area contributed by atoms with Gasteiger partial charge < -0.3 is 10.2 Å². The van der Waals surface area contributed by atoms with E-state index in [4.69, 9.17) is 0 Å². The van der Waals surface area contributed by atoms with E-state index in [-0.39, 0.29) is 23.9 Å². The summed E-state index contributed by atoms with van der Waals surface area (Å²) in [6.45, 7) is 2.51. The highest BCUT2D eigenvalue weighted by molar-refractivity contribution is 5.86. The standard InChI is InChI=1S/C17H23N3O2/c1-18-16(21)15(13-7-3-2-4-8-13)20-12-5-9-14(20)17(22)19-10-6-11-19/h2-4,7-8,14-15H,5-6,9-12H2,1H3,(H,18,21). The first-order valence-electron chi connectivity index (χ1n) is 8.03. The number of likely N-dealkylation sites (N-methyl/N-ethyl adjacent to an activating group) is 1. The molecule has 2 aliphatic heterocycles. The largest absolute Gasteiger partial charge is 0.358 e. The molecule has 0 bridgehead atoms. The quantitative estimate of drug-likeness (QED) is 0.908. The lowest BCUT2D eigenvalue weighted by atomic mass is 10.0. The van der Waals surface area contributed by atoms with E-state index in [0.29, 0.717) is 0 Å². The maximum absolute atomic E-state index is 12.6. The molecule has 1 aromatic carbocycles. The molecule has 2 amide bonds. The van der Waals surface area contributed by atoms with Crippen LogP contribution in [0.1, 0.15) is 30.9 Å². The van der Waals surface area contributed by atoms with Crippen molar-refractivity contribution in [2.24, 2.45) is 0 Å². The van der Waals surface area contributed by atoms with E-state index >= 15 is 0 Å². The molecular weight excluding hydrogens is 278 g/mol. The molecule has 2 aliphatic rings. The fourth-order valence-corrected chi connectivity index (χ4v) is 3.38. The van der Waals surface area contributed by atoms with Crippen molar-refractivity contribution in [1.82, 2.24) is 15.1 Å². The Bertz CT molecular complexity index is 542. The van der Waals surface area contributed by atoms with Crippen LogP contribution in [0.25, 0.3) is 0 Å². The van der Waals surface area contributed by atoms with Crippen molar-refractivity contribution >= 4 is 11.8 Å². The van der Waals surface area contributed by atoms with Gasteiger partial charge in [0.25, 0.3) is 0 Å². The summed E-state index contributed by atoms with van der Waals surface area (Å²) in [6.07, 6.45) is 2.90. The number of amides is 2. The third kappa shape index (κ3) is 2.73. The molecule has 5 nitrogen and oxygen atoms in total. The summed E-state index contributed by atoms with van der Waals surface area (Å²) in [5.41, 5.74) is 0.949. The highest BCUT2D eigenvalue weighted by atomic mass is 16.2. The Kier molecular flexibility index (Phi) is 4.43. The zero-order valence-electron chi connectivity index (χ0n) is 13.0. The zero-order valence-corrected chi connectivity index (χ0v) is 13.0. The first kappa shape index (κ1) is 15.0. The first-order chi connectivity index (χ1) is 10.7. The second-order valence-electron chi connectivity index (χ2n) is 6.00. The van der Waals surface area contributed by atoms with Gasteiger partial charge in [0.15, 0.2) is 0 Å². The molecule has 2 fully saturated rings. The molecule has 0 aliphatic carbocycles. The number of benzene rings is 1. The second-order valence-corrected chi connectivity index (χ2v) is 6.00. The summed E-state index contributed by atoms with van der Waals surface area (Å²) in [5, 5.41) is 2.75. The Morgan fingerprint density at radius 3 is 2.45 bits per heavy atom. The average molecular weight is 301 g/mol. The van der Waals surface area contributed by atoms with Crippen molar-refractivity contribution in [2.75, 3.05) is 26.7 Å². The van der Waals surface area contributed by atoms with Gasteiger partial charge in [0.2, 0.25) is 11.8 Å². The van der Waals surface area contributed by atoms with E-state index in [2.05, 4.69) is 10.2 Å². The molecule has 2 atom stereocenters. The Hall–Kier alpha value is -1.88. The van der Waals surface area contributed by atoms with Crippen molar-refractivity contribution in [3.8, 4) is 0 Å². The van der Waals surface area contributed by atoms with E-state index in [0.717, 1.165) is 44.5 Å². The van der Waals surface area contributed by atoms with Gasteiger partial charge in [0.1, 0.15) is 6.04 Å². The molecule has 118 valence electrons. The Balaban J connectivity index is 1.86. The number of carbonyl (C=O) groups is 2. The maximum atomic E-state index is 12.6. The predicted octanol–water partition coefficient (Wildman–Crippen LogP) is 1.17. The van der Waals surface area contributed by atoms with E-state index < -0.39 is 0 Å². The third-order valence-electron chi connectivity index (χ3n) is 4.69. The number of nitrogens with one attached hydrogen (secondary N) is 1. The smallest absolute Gasteiger partial charge is 0.241 e. The number of hydrogen-bond donors (Lipinski definition) is 1. The molecule has 0 spiro atoms. The molecule has 0 aromatic heterocycles. The zero-order chi connectivity index (χ0) is 15.5. The highest BCUT2D eigenvalue weighted by Crippen LogP contribution is 2.31. The predicted molar refractivity (Wildman–Crippen MR) is 84.2 cm³/mol. The summed E-state index contributed by atoms with van der Waals surface area (Å²) >= 11 is 0. The van der Waals surface area contributed by atoms with E-state index in [1.54, 1.807) is 7.05 Å². The molecule has 0 saturated carbocycles. The van der Waals surface area contributed by atoms with Crippen molar-refractivity contribution in [3.05, 3.63) is 35.9 Å². The fourth-order valence-electron chi connectivity index (χ4n) is 3.38. The maximum Gasteiger partial charge on any atom is 0.241 e. The molecule has 2 saturated heterocycles. The molecule has 0 radical (unpaired) electrons. The monoisotopic (exact) mass is 301 g/mol. The summed E-state index contributed by atoms with van der Waals surface area (Å²) in [7, 11) is 1.65. The molecule has 3 rings (SSSR count). The van der Waals surface area contributed by atoms with Crippen molar-refractivity contribution in [1.29, 1.82) is 0 Å². The van der Waals surface area contributed by atoms with Gasteiger partial charge in [-0.15, -0.1) is 0 Å². The van der Waals surface area contributed by atoms with Gasteiger partial charge >= 0.3 is 0 Å². The van der Waals surface area contributed by atoms with Crippen LogP contribution in [0.2, 0.25) is 0 Å². The molecule has 22 heavy (non-hydrogen) atoms. The summed E-state index contributed by atoms with van der Waals surface area (Å²) < 4.78 is 0. The van der Waals surface area contributed by atoms with Gasteiger partial charge in [-0.1, -0.05) is 30.3 Å². The van der Waals surface area contributed by atoms with Crippen LogP contribution in [0.5, 0.6) is 0 Å². The van der Waals surface area contributed by atoms with Crippen LogP contribution in [0.4, 0.5) is 0 Å². The van der Waals surface area contributed by atoms with Crippen LogP contribution < -0.4 is 5.32 Å². The van der Waals surface area contributed by atoms with E-state index in [1.807, 2.05) is 35.2 Å². The number of carbonyl (C=O) groups excluding carboxylic acids is 2. The molecule has 1 aromatic rings. The summed E-state index contributed by atoms with van der Waals surface area (Å²) in [6, 6.07) is 9.19. The van der Waals surface area contributed by atoms with Crippen LogP contribution in [0.15, 0.2) is 30.3 Å². The number of nitrogens with zero attached hydrogens (tertiary/aromatic N) is 2. The van der Waals surface area contributed by atoms with Gasteiger partial charge in [-0.05, 0) is 24.8 Å². The topological polar surface area (TPSA) is 52.7 Å². The molecular formula is C17H23N3O2. The van der Waals surface area contributed by atoms with E-state index in [9.17, 15) is 9.59 Å². The normalized spacial score (nSPS) is 23.0. The van der Waals surface area contributed by atoms with Gasteiger partial charge in [-0.2, -0.15) is 0 Å². The highest BCUT2D eigenvalue weighted by Gasteiger charge is 2.41. The first-order valence-corrected chi connectivity index (χ1v) is 8.03. The van der Waals surface area contributed by atoms with Crippen molar-refractivity contribution in [3.63, 3.8) is 0 Å². The van der Waals surface area contributed by atoms with Gasteiger partial charge in [-0.25, -0.2) is 0 Å². The Morgan fingerprint density at radius 1 is 1.14 bits per heavy atom. The number of hydrogen-bond acceptors (Lipinski definition) is 3. The molecule has 2 heterocycles. The van der Waals surface area contributed by atoms with Gasteiger partial charge in [-0.3, -0.25) is 14.5 Å². The van der Waals surface area contributed by atoms with Crippen LogP contribution in [-0.4, -0.2) is 54.3 Å². The van der Waals surface area contributed by atoms with Gasteiger partial charge in [0, 0.05) is 26.7 Å². The minimum Gasteiger partial charge on any atom is -0.358 e. The van der Waals surface area contributed by atoms with Crippen LogP contribution in [0, 0.1) is 0 Å². The summed E-state index contributed by atoms with van der Waals surface area (Å²) in [4.78, 5) is 29.1. The summed E-state index contributed by atoms with van der Waals surface area (Å²) in [5.74, 6) is 0.142. The minimum atomic E-state index is -0.385. The molecule has 5 heteroatoms. The lowest BCUT2D eigenvalue weighted by molar-refractivity contribution is -0.141.